The van der Waals surface area contributed by atoms with E-state index >= 15 is 0 Å². The monoisotopic (exact) mass is 446 g/mol. The van der Waals surface area contributed by atoms with Crippen LogP contribution in [0.4, 0.5) is 0 Å². The average Bonchev–Trinajstić information content (AvgIpc) is 2.79. The third-order valence-corrected chi connectivity index (χ3v) is 5.12. The molecule has 8 nitrogen and oxygen atoms in total. The Kier molecular flexibility index (Phi) is 5.91. The summed E-state index contributed by atoms with van der Waals surface area (Å²) in [5, 5.41) is 18.6. The van der Waals surface area contributed by atoms with E-state index in [0.717, 1.165) is 23.3 Å². The second-order valence-electron chi connectivity index (χ2n) is 7.44. The van der Waals surface area contributed by atoms with Gasteiger partial charge in [0.25, 0.3) is 0 Å². The molecule has 0 unspecified atom stereocenters. The van der Waals surface area contributed by atoms with Gasteiger partial charge in [-0.1, -0.05) is 24.3 Å². The lowest BCUT2D eigenvalue weighted by Crippen LogP contribution is -2.06. The molecular formula is C25H18O8. The predicted octanol–water partition coefficient (Wildman–Crippen LogP) is 4.03. The van der Waals surface area contributed by atoms with Gasteiger partial charge in [-0.3, -0.25) is 9.59 Å². The van der Waals surface area contributed by atoms with Gasteiger partial charge < -0.3 is 19.0 Å². The Balaban J connectivity index is 1.42. The number of carbonyl (C=O) groups is 2. The van der Waals surface area contributed by atoms with E-state index in [1.807, 2.05) is 12.2 Å². The van der Waals surface area contributed by atoms with Crippen LogP contribution < -0.4 is 10.9 Å². The molecule has 0 fully saturated rings. The summed E-state index contributed by atoms with van der Waals surface area (Å²) in [6, 6.07) is 12.1. The molecule has 0 bridgehead atoms. The summed E-state index contributed by atoms with van der Waals surface area (Å²) in [6.45, 7) is 0. The lowest BCUT2D eigenvalue weighted by Gasteiger charge is -2.03. The molecule has 4 aromatic rings. The van der Waals surface area contributed by atoms with Gasteiger partial charge in [0.1, 0.15) is 11.2 Å². The number of fused-ring (bicyclic) bond motifs is 2. The standard InChI is InChI=1S/C25H18O8/c26-18-12-22(24(28)29)32-20-8-6-14(10-16(18)20)4-2-1-3-5-15-7-9-21-17(11-15)19(27)13-23(33-21)25(30)31/h1-2,6-13H,3-5H2,(H,28,29)(H,30,31). The molecule has 2 aromatic heterocycles. The van der Waals surface area contributed by atoms with Crippen molar-refractivity contribution >= 4 is 33.9 Å². The minimum Gasteiger partial charge on any atom is -0.475 e. The highest BCUT2D eigenvalue weighted by Crippen LogP contribution is 2.17. The zero-order chi connectivity index (χ0) is 23.5. The second-order valence-corrected chi connectivity index (χ2v) is 7.44. The van der Waals surface area contributed by atoms with Gasteiger partial charge in [-0.25, -0.2) is 9.59 Å². The van der Waals surface area contributed by atoms with Crippen LogP contribution in [0.15, 0.2) is 79.1 Å². The van der Waals surface area contributed by atoms with Crippen LogP contribution in [-0.2, 0) is 12.8 Å². The molecule has 0 aliphatic carbocycles. The van der Waals surface area contributed by atoms with Crippen LogP contribution >= 0.6 is 0 Å². The first-order valence-electron chi connectivity index (χ1n) is 10.1. The van der Waals surface area contributed by atoms with Crippen LogP contribution in [0.1, 0.15) is 38.7 Å². The third kappa shape index (κ3) is 4.74. The fourth-order valence-corrected chi connectivity index (χ4v) is 3.49. The van der Waals surface area contributed by atoms with Crippen LogP contribution in [0.2, 0.25) is 0 Å². The lowest BCUT2D eigenvalue weighted by atomic mass is 10.1. The molecule has 0 radical (unpaired) electrons. The van der Waals surface area contributed by atoms with Crippen molar-refractivity contribution in [3.8, 4) is 0 Å². The number of rotatable bonds is 7. The van der Waals surface area contributed by atoms with Gasteiger partial charge in [-0.2, -0.15) is 0 Å². The van der Waals surface area contributed by atoms with Crippen LogP contribution in [0.3, 0.4) is 0 Å². The first-order chi connectivity index (χ1) is 15.8. The van der Waals surface area contributed by atoms with Crippen molar-refractivity contribution in [1.82, 2.24) is 0 Å². The van der Waals surface area contributed by atoms with Gasteiger partial charge >= 0.3 is 11.9 Å². The van der Waals surface area contributed by atoms with Gasteiger partial charge in [0.15, 0.2) is 10.9 Å². The van der Waals surface area contributed by atoms with E-state index in [2.05, 4.69) is 0 Å². The molecule has 8 heteroatoms. The van der Waals surface area contributed by atoms with Crippen LogP contribution in [0.5, 0.6) is 0 Å². The minimum atomic E-state index is -1.29. The number of aryl methyl sites for hydroxylation is 1. The van der Waals surface area contributed by atoms with E-state index in [9.17, 15) is 19.2 Å². The first kappa shape index (κ1) is 21.8. The smallest absolute Gasteiger partial charge is 0.371 e. The zero-order valence-electron chi connectivity index (χ0n) is 17.2. The van der Waals surface area contributed by atoms with Crippen LogP contribution in [-0.4, -0.2) is 22.2 Å². The molecule has 0 aliphatic heterocycles. The Morgan fingerprint density at radius 3 is 1.79 bits per heavy atom. The normalized spacial score (nSPS) is 11.4. The molecule has 0 saturated carbocycles. The van der Waals surface area contributed by atoms with Crippen molar-refractivity contribution in [2.24, 2.45) is 0 Å². The van der Waals surface area contributed by atoms with Gasteiger partial charge in [-0.15, -0.1) is 0 Å². The summed E-state index contributed by atoms with van der Waals surface area (Å²) < 4.78 is 10.5. The molecule has 0 spiro atoms. The maximum atomic E-state index is 12.2. The molecule has 2 N–H and O–H groups in total. The van der Waals surface area contributed by atoms with Gasteiger partial charge in [0.05, 0.1) is 10.8 Å². The Morgan fingerprint density at radius 1 is 0.727 bits per heavy atom. The predicted molar refractivity (Wildman–Crippen MR) is 120 cm³/mol. The number of carboxylic acid groups (broad SMARTS) is 2. The molecule has 0 aliphatic rings. The molecule has 4 rings (SSSR count). The van der Waals surface area contributed by atoms with E-state index in [0.29, 0.717) is 30.0 Å². The molecule has 2 aromatic carbocycles. The van der Waals surface area contributed by atoms with Crippen molar-refractivity contribution in [1.29, 1.82) is 0 Å². The zero-order valence-corrected chi connectivity index (χ0v) is 17.2. The van der Waals surface area contributed by atoms with E-state index in [1.165, 1.54) is 0 Å². The summed E-state index contributed by atoms with van der Waals surface area (Å²) in [5.74, 6) is -3.37. The SMILES string of the molecule is O=C(O)c1cc(=O)c2cc(CC=CCCc3ccc4oc(C(=O)O)cc(=O)c4c3)ccc2o1. The van der Waals surface area contributed by atoms with E-state index < -0.39 is 34.3 Å². The molecule has 0 saturated heterocycles. The Morgan fingerprint density at radius 2 is 1.24 bits per heavy atom. The average molecular weight is 446 g/mol. The maximum absolute atomic E-state index is 12.2. The number of hydrogen-bond acceptors (Lipinski definition) is 6. The molecule has 0 atom stereocenters. The van der Waals surface area contributed by atoms with E-state index in [-0.39, 0.29) is 11.2 Å². The molecule has 0 amide bonds. The van der Waals surface area contributed by atoms with E-state index in [1.54, 1.807) is 36.4 Å². The number of hydrogen-bond donors (Lipinski definition) is 2. The van der Waals surface area contributed by atoms with Gasteiger partial charge in [0, 0.05) is 12.1 Å². The number of aromatic carboxylic acids is 2. The van der Waals surface area contributed by atoms with Gasteiger partial charge in [-0.05, 0) is 54.7 Å². The number of carboxylic acids is 2. The minimum absolute atomic E-state index is 0.226. The number of benzene rings is 2. The second kappa shape index (κ2) is 8.96. The largest absolute Gasteiger partial charge is 0.475 e. The van der Waals surface area contributed by atoms with Crippen molar-refractivity contribution < 1.29 is 28.6 Å². The molecule has 166 valence electrons. The topological polar surface area (TPSA) is 135 Å². The molecule has 2 heterocycles. The lowest BCUT2D eigenvalue weighted by molar-refractivity contribution is 0.0653. The maximum Gasteiger partial charge on any atom is 0.371 e. The summed E-state index contributed by atoms with van der Waals surface area (Å²) in [4.78, 5) is 46.3. The van der Waals surface area contributed by atoms with E-state index in [4.69, 9.17) is 19.0 Å². The van der Waals surface area contributed by atoms with Crippen molar-refractivity contribution in [3.63, 3.8) is 0 Å². The summed E-state index contributed by atoms with van der Waals surface area (Å²) in [6.07, 6.45) is 5.91. The Labute approximate surface area is 186 Å². The highest BCUT2D eigenvalue weighted by molar-refractivity contribution is 5.88. The van der Waals surface area contributed by atoms with Gasteiger partial charge in [0.2, 0.25) is 11.5 Å². The van der Waals surface area contributed by atoms with Crippen molar-refractivity contribution in [3.05, 3.63) is 104 Å². The quantitative estimate of drug-likeness (QED) is 0.406. The highest BCUT2D eigenvalue weighted by atomic mass is 16.4. The Bertz CT molecular complexity index is 1540. The highest BCUT2D eigenvalue weighted by Gasteiger charge is 2.12. The summed E-state index contributed by atoms with van der Waals surface area (Å²) in [7, 11) is 0. The summed E-state index contributed by atoms with van der Waals surface area (Å²) >= 11 is 0. The van der Waals surface area contributed by atoms with Crippen molar-refractivity contribution in [2.75, 3.05) is 0 Å². The summed E-state index contributed by atoms with van der Waals surface area (Å²) in [5.41, 5.74) is 1.45. The Hall–Kier alpha value is -4.46. The van der Waals surface area contributed by atoms with Crippen LogP contribution in [0, 0.1) is 0 Å². The van der Waals surface area contributed by atoms with Crippen LogP contribution in [0.25, 0.3) is 21.9 Å². The fourth-order valence-electron chi connectivity index (χ4n) is 3.49. The third-order valence-electron chi connectivity index (χ3n) is 5.12. The number of allylic oxidation sites excluding steroid dienone is 2. The fraction of sp³-hybridized carbons (Fsp3) is 0.120. The molecule has 33 heavy (non-hydrogen) atoms. The molecular weight excluding hydrogens is 428 g/mol. The van der Waals surface area contributed by atoms with Crippen molar-refractivity contribution in [2.45, 2.75) is 19.3 Å². The first-order valence-corrected chi connectivity index (χ1v) is 10.1.